The molecule has 7 heteroatoms. The molecule has 0 spiro atoms. The van der Waals surface area contributed by atoms with E-state index in [1.165, 1.54) is 0 Å². The van der Waals surface area contributed by atoms with Gasteiger partial charge in [-0.1, -0.05) is 12.1 Å². The lowest BCUT2D eigenvalue weighted by atomic mass is 9.92. The lowest BCUT2D eigenvalue weighted by Crippen LogP contribution is -2.58. The van der Waals surface area contributed by atoms with Crippen LogP contribution in [0.3, 0.4) is 0 Å². The topological polar surface area (TPSA) is 105 Å². The van der Waals surface area contributed by atoms with E-state index >= 15 is 0 Å². The van der Waals surface area contributed by atoms with Crippen LogP contribution >= 0.6 is 0 Å². The second kappa shape index (κ2) is 8.01. The van der Waals surface area contributed by atoms with Crippen molar-refractivity contribution in [3.05, 3.63) is 29.8 Å². The molecule has 0 aliphatic carbocycles. The van der Waals surface area contributed by atoms with Gasteiger partial charge in [0.2, 0.25) is 0 Å². The zero-order valence-corrected chi connectivity index (χ0v) is 14.5. The van der Waals surface area contributed by atoms with Gasteiger partial charge in [-0.25, -0.2) is 9.59 Å². The Bertz CT molecular complexity index is 563. The molecule has 24 heavy (non-hydrogen) atoms. The highest BCUT2D eigenvalue weighted by atomic mass is 16.6. The summed E-state index contributed by atoms with van der Waals surface area (Å²) in [6, 6.07) is 7.13. The van der Waals surface area contributed by atoms with Gasteiger partial charge in [0.1, 0.15) is 11.4 Å². The summed E-state index contributed by atoms with van der Waals surface area (Å²) in [6.45, 7) is 4.28. The van der Waals surface area contributed by atoms with Gasteiger partial charge in [0.15, 0.2) is 5.54 Å². The maximum atomic E-state index is 11.9. The SMILES string of the molecule is COc1ccc(CC[C@](CO)(NC(=O)OC(C)(C)C)C(=O)O)cc1. The molecule has 0 radical (unpaired) electrons. The minimum atomic E-state index is -1.80. The maximum Gasteiger partial charge on any atom is 0.408 e. The highest BCUT2D eigenvalue weighted by molar-refractivity contribution is 5.84. The van der Waals surface area contributed by atoms with Gasteiger partial charge in [-0.2, -0.15) is 0 Å². The highest BCUT2D eigenvalue weighted by Crippen LogP contribution is 2.19. The molecule has 134 valence electrons. The number of ether oxygens (including phenoxy) is 2. The molecule has 7 nitrogen and oxygen atoms in total. The van der Waals surface area contributed by atoms with E-state index in [4.69, 9.17) is 9.47 Å². The van der Waals surface area contributed by atoms with Crippen molar-refractivity contribution in [3.8, 4) is 5.75 Å². The van der Waals surface area contributed by atoms with Crippen LogP contribution in [0.5, 0.6) is 5.75 Å². The van der Waals surface area contributed by atoms with E-state index in [9.17, 15) is 19.8 Å². The van der Waals surface area contributed by atoms with E-state index in [-0.39, 0.29) is 6.42 Å². The quantitative estimate of drug-likeness (QED) is 0.701. The second-order valence-electron chi connectivity index (χ2n) is 6.52. The van der Waals surface area contributed by atoms with Gasteiger partial charge >= 0.3 is 12.1 Å². The lowest BCUT2D eigenvalue weighted by Gasteiger charge is -2.30. The molecule has 1 amide bonds. The number of aliphatic hydroxyl groups is 1. The predicted octanol–water partition coefficient (Wildman–Crippen LogP) is 1.97. The summed E-state index contributed by atoms with van der Waals surface area (Å²) in [6.07, 6.45) is -0.509. The molecule has 0 bridgehead atoms. The summed E-state index contributed by atoms with van der Waals surface area (Å²) in [5.41, 5.74) is -1.71. The van der Waals surface area contributed by atoms with Crippen LogP contribution in [0.2, 0.25) is 0 Å². The van der Waals surface area contributed by atoms with Gasteiger partial charge in [0.25, 0.3) is 0 Å². The van der Waals surface area contributed by atoms with Crippen LogP contribution in [-0.2, 0) is 16.0 Å². The van der Waals surface area contributed by atoms with Crippen LogP contribution in [-0.4, -0.2) is 47.1 Å². The first kappa shape index (κ1) is 19.8. The fourth-order valence-electron chi connectivity index (χ4n) is 2.06. The molecule has 1 aromatic carbocycles. The lowest BCUT2D eigenvalue weighted by molar-refractivity contribution is -0.147. The van der Waals surface area contributed by atoms with Crippen molar-refractivity contribution in [1.29, 1.82) is 0 Å². The molecule has 0 fully saturated rings. The van der Waals surface area contributed by atoms with E-state index in [0.29, 0.717) is 12.2 Å². The van der Waals surface area contributed by atoms with E-state index in [2.05, 4.69) is 5.32 Å². The molecule has 0 heterocycles. The molecule has 0 saturated carbocycles. The van der Waals surface area contributed by atoms with Gasteiger partial charge in [0.05, 0.1) is 13.7 Å². The van der Waals surface area contributed by atoms with Crippen LogP contribution in [0.25, 0.3) is 0 Å². The predicted molar refractivity (Wildman–Crippen MR) is 88.1 cm³/mol. The number of aliphatic carboxylic acids is 1. The van der Waals surface area contributed by atoms with Crippen molar-refractivity contribution in [3.63, 3.8) is 0 Å². The summed E-state index contributed by atoms with van der Waals surface area (Å²) in [5.74, 6) is -0.623. The Morgan fingerprint density at radius 3 is 2.17 bits per heavy atom. The third kappa shape index (κ3) is 5.73. The number of carbonyl (C=O) groups is 2. The summed E-state index contributed by atoms with van der Waals surface area (Å²) in [5, 5.41) is 21.4. The fraction of sp³-hybridized carbons (Fsp3) is 0.529. The Labute approximate surface area is 141 Å². The van der Waals surface area contributed by atoms with E-state index in [1.807, 2.05) is 0 Å². The molecule has 1 rings (SSSR count). The molecule has 1 atom stereocenters. The summed E-state index contributed by atoms with van der Waals surface area (Å²) >= 11 is 0. The van der Waals surface area contributed by atoms with Gasteiger partial charge < -0.3 is 25.0 Å². The second-order valence-corrected chi connectivity index (χ2v) is 6.52. The number of aliphatic hydroxyl groups excluding tert-OH is 1. The number of benzene rings is 1. The number of hydrogen-bond donors (Lipinski definition) is 3. The maximum absolute atomic E-state index is 11.9. The molecule has 1 aromatic rings. The van der Waals surface area contributed by atoms with Gasteiger partial charge in [-0.05, 0) is 51.3 Å². The summed E-state index contributed by atoms with van der Waals surface area (Å²) in [4.78, 5) is 23.5. The van der Waals surface area contributed by atoms with Crippen LogP contribution in [0.1, 0.15) is 32.8 Å². The molecule has 0 unspecified atom stereocenters. The van der Waals surface area contributed by atoms with Crippen LogP contribution < -0.4 is 10.1 Å². The third-order valence-corrected chi connectivity index (χ3v) is 3.42. The Morgan fingerprint density at radius 2 is 1.75 bits per heavy atom. The molecule has 0 aromatic heterocycles. The Kier molecular flexibility index (Phi) is 6.60. The zero-order valence-electron chi connectivity index (χ0n) is 14.5. The summed E-state index contributed by atoms with van der Waals surface area (Å²) in [7, 11) is 1.56. The first-order valence-corrected chi connectivity index (χ1v) is 7.60. The first-order valence-electron chi connectivity index (χ1n) is 7.60. The van der Waals surface area contributed by atoms with Crippen molar-refractivity contribution in [2.45, 2.75) is 44.8 Å². The number of aryl methyl sites for hydroxylation is 1. The van der Waals surface area contributed by atoms with Gasteiger partial charge in [-0.3, -0.25) is 0 Å². The van der Waals surface area contributed by atoms with Crippen LogP contribution in [0.15, 0.2) is 24.3 Å². The number of amides is 1. The van der Waals surface area contributed by atoms with Gasteiger partial charge in [0, 0.05) is 0 Å². The molecular weight excluding hydrogens is 314 g/mol. The average molecular weight is 339 g/mol. The standard InChI is InChI=1S/C17H25NO6/c1-16(2,3)24-15(22)18-17(11-19,14(20)21)10-9-12-5-7-13(23-4)8-6-12/h5-8,19H,9-11H2,1-4H3,(H,18,22)(H,20,21)/t17-/m1/s1. The summed E-state index contributed by atoms with van der Waals surface area (Å²) < 4.78 is 10.2. The van der Waals surface area contributed by atoms with E-state index in [0.717, 1.165) is 5.56 Å². The minimum absolute atomic E-state index is 0.0183. The molecular formula is C17H25NO6. The molecule has 0 aliphatic heterocycles. The van der Waals surface area contributed by atoms with Crippen LogP contribution in [0, 0.1) is 0 Å². The number of carboxylic acids is 1. The van der Waals surface area contributed by atoms with E-state index < -0.39 is 29.8 Å². The number of rotatable bonds is 7. The van der Waals surface area contributed by atoms with Crippen molar-refractivity contribution in [1.82, 2.24) is 5.32 Å². The molecule has 3 N–H and O–H groups in total. The van der Waals surface area contributed by atoms with Crippen molar-refractivity contribution in [2.75, 3.05) is 13.7 Å². The number of hydrogen-bond acceptors (Lipinski definition) is 5. The number of alkyl carbamates (subject to hydrolysis) is 1. The average Bonchev–Trinajstić information content (AvgIpc) is 2.49. The zero-order chi connectivity index (χ0) is 18.4. The Hall–Kier alpha value is -2.28. The number of nitrogens with one attached hydrogen (secondary N) is 1. The van der Waals surface area contributed by atoms with Crippen molar-refractivity contribution in [2.24, 2.45) is 0 Å². The number of carbonyl (C=O) groups excluding carboxylic acids is 1. The Balaban J connectivity index is 2.83. The number of methoxy groups -OCH3 is 1. The third-order valence-electron chi connectivity index (χ3n) is 3.42. The minimum Gasteiger partial charge on any atom is -0.497 e. The molecule has 0 aliphatic rings. The van der Waals surface area contributed by atoms with E-state index in [1.54, 1.807) is 52.1 Å². The first-order chi connectivity index (χ1) is 11.1. The normalized spacial score (nSPS) is 13.7. The number of carboxylic acid groups (broad SMARTS) is 1. The van der Waals surface area contributed by atoms with Crippen LogP contribution in [0.4, 0.5) is 4.79 Å². The van der Waals surface area contributed by atoms with Crippen molar-refractivity contribution >= 4 is 12.1 Å². The van der Waals surface area contributed by atoms with Gasteiger partial charge in [-0.15, -0.1) is 0 Å². The smallest absolute Gasteiger partial charge is 0.408 e. The molecule has 0 saturated heterocycles. The largest absolute Gasteiger partial charge is 0.497 e. The monoisotopic (exact) mass is 339 g/mol. The van der Waals surface area contributed by atoms with Crippen molar-refractivity contribution < 1.29 is 29.3 Å². The Morgan fingerprint density at radius 1 is 1.17 bits per heavy atom. The highest BCUT2D eigenvalue weighted by Gasteiger charge is 2.40. The fourth-order valence-corrected chi connectivity index (χ4v) is 2.06.